The number of methoxy groups -OCH3 is 1. The van der Waals surface area contributed by atoms with E-state index >= 15 is 0 Å². The summed E-state index contributed by atoms with van der Waals surface area (Å²) in [5.41, 5.74) is 2.05. The fourth-order valence-electron chi connectivity index (χ4n) is 4.96. The highest BCUT2D eigenvalue weighted by molar-refractivity contribution is 5.87. The molecular formula is C25H30N4O7. The van der Waals surface area contributed by atoms with Gasteiger partial charge in [0, 0.05) is 12.5 Å². The smallest absolute Gasteiger partial charge is 0.407 e. The first-order valence-electron chi connectivity index (χ1n) is 12.4. The maximum atomic E-state index is 12.8. The average molecular weight is 499 g/mol. The number of fused-ring (bicyclic) bond motifs is 5. The van der Waals surface area contributed by atoms with Crippen LogP contribution in [0.2, 0.25) is 0 Å². The number of amides is 2. The van der Waals surface area contributed by atoms with E-state index in [1.165, 1.54) is 4.90 Å². The van der Waals surface area contributed by atoms with Gasteiger partial charge < -0.3 is 29.5 Å². The van der Waals surface area contributed by atoms with Crippen molar-refractivity contribution >= 4 is 29.0 Å². The van der Waals surface area contributed by atoms with Crippen molar-refractivity contribution < 1.29 is 33.7 Å². The summed E-state index contributed by atoms with van der Waals surface area (Å²) in [5.74, 6) is -0.295. The summed E-state index contributed by atoms with van der Waals surface area (Å²) < 4.78 is 16.9. The summed E-state index contributed by atoms with van der Waals surface area (Å²) in [4.78, 5) is 47.5. The molecule has 1 saturated heterocycles. The summed E-state index contributed by atoms with van der Waals surface area (Å²) >= 11 is 0. The molecule has 3 heterocycles. The van der Waals surface area contributed by atoms with Gasteiger partial charge in [-0.15, -0.1) is 0 Å². The maximum absolute atomic E-state index is 12.8. The van der Waals surface area contributed by atoms with Crippen LogP contribution >= 0.6 is 0 Å². The van der Waals surface area contributed by atoms with Crippen LogP contribution in [0.25, 0.3) is 11.0 Å². The fourth-order valence-corrected chi connectivity index (χ4v) is 4.96. The van der Waals surface area contributed by atoms with E-state index in [1.54, 1.807) is 13.2 Å². The normalized spacial score (nSPS) is 27.0. The van der Waals surface area contributed by atoms with Gasteiger partial charge >= 0.3 is 12.1 Å². The Kier molecular flexibility index (Phi) is 6.80. The molecule has 1 aliphatic carbocycles. The minimum absolute atomic E-state index is 0.0640. The van der Waals surface area contributed by atoms with Crippen LogP contribution in [0.15, 0.2) is 18.2 Å². The first-order chi connectivity index (χ1) is 17.4. The van der Waals surface area contributed by atoms with E-state index in [2.05, 4.69) is 5.32 Å². The second-order valence-corrected chi connectivity index (χ2v) is 9.60. The summed E-state index contributed by atoms with van der Waals surface area (Å²) in [7, 11) is 1.58. The predicted octanol–water partition coefficient (Wildman–Crippen LogP) is 2.30. The third-order valence-electron chi connectivity index (χ3n) is 7.04. The van der Waals surface area contributed by atoms with Crippen molar-refractivity contribution in [3.8, 4) is 11.6 Å². The van der Waals surface area contributed by atoms with E-state index in [9.17, 15) is 19.5 Å². The Hall–Kier alpha value is -3.63. The average Bonchev–Trinajstić information content (AvgIpc) is 3.44. The number of hydrogen-bond acceptors (Lipinski definition) is 8. The fraction of sp³-hybridized carbons (Fsp3) is 0.560. The Morgan fingerprint density at radius 3 is 2.81 bits per heavy atom. The SMILES string of the molecule is COc1ccc2nc3c(nc2c1)O[C@@H]1C[C@@H](C(=O)O)N(C1)C(=O)CNC(=O)O[C@@H]1C[C@H]1CCCCC3. The number of carbonyl (C=O) groups is 3. The number of hydrogen-bond donors (Lipinski definition) is 2. The molecule has 0 spiro atoms. The van der Waals surface area contributed by atoms with Crippen molar-refractivity contribution in [2.24, 2.45) is 5.92 Å². The third kappa shape index (κ3) is 5.29. The molecule has 2 amide bonds. The van der Waals surface area contributed by atoms with Gasteiger partial charge in [0.05, 0.1) is 24.7 Å². The van der Waals surface area contributed by atoms with Crippen molar-refractivity contribution in [3.63, 3.8) is 0 Å². The molecule has 5 rings (SSSR count). The molecule has 11 nitrogen and oxygen atoms in total. The van der Waals surface area contributed by atoms with E-state index in [4.69, 9.17) is 24.2 Å². The number of carbonyl (C=O) groups excluding carboxylic acids is 2. The van der Waals surface area contributed by atoms with Gasteiger partial charge in [-0.1, -0.05) is 12.8 Å². The monoisotopic (exact) mass is 498 g/mol. The van der Waals surface area contributed by atoms with E-state index in [0.717, 1.165) is 37.6 Å². The highest BCUT2D eigenvalue weighted by atomic mass is 16.6. The maximum Gasteiger partial charge on any atom is 0.407 e. The van der Waals surface area contributed by atoms with Crippen molar-refractivity contribution in [2.75, 3.05) is 20.2 Å². The van der Waals surface area contributed by atoms with Crippen LogP contribution in [0.4, 0.5) is 4.79 Å². The first kappa shape index (κ1) is 24.1. The lowest BCUT2D eigenvalue weighted by molar-refractivity contribution is -0.147. The number of benzene rings is 1. The molecule has 2 aliphatic heterocycles. The second kappa shape index (κ2) is 10.2. The van der Waals surface area contributed by atoms with Crippen molar-refractivity contribution in [1.82, 2.24) is 20.2 Å². The number of carboxylic acid groups (broad SMARTS) is 1. The zero-order valence-electron chi connectivity index (χ0n) is 20.1. The number of ether oxygens (including phenoxy) is 3. The molecule has 11 heteroatoms. The number of aryl methyl sites for hydroxylation is 1. The van der Waals surface area contributed by atoms with Crippen molar-refractivity contribution in [3.05, 3.63) is 23.9 Å². The molecule has 2 aromatic rings. The Balaban J connectivity index is 1.42. The molecule has 2 fully saturated rings. The van der Waals surface area contributed by atoms with Crippen LogP contribution < -0.4 is 14.8 Å². The number of aromatic nitrogens is 2. The zero-order valence-corrected chi connectivity index (χ0v) is 20.1. The molecule has 192 valence electrons. The summed E-state index contributed by atoms with van der Waals surface area (Å²) in [6.45, 7) is -0.276. The molecule has 0 unspecified atom stereocenters. The quantitative estimate of drug-likeness (QED) is 0.638. The van der Waals surface area contributed by atoms with Gasteiger partial charge in [0.15, 0.2) is 0 Å². The lowest BCUT2D eigenvalue weighted by Gasteiger charge is -2.21. The molecule has 4 atom stereocenters. The molecule has 1 aromatic carbocycles. The topological polar surface area (TPSA) is 140 Å². The van der Waals surface area contributed by atoms with Crippen molar-refractivity contribution in [1.29, 1.82) is 0 Å². The zero-order chi connectivity index (χ0) is 25.2. The second-order valence-electron chi connectivity index (χ2n) is 9.60. The summed E-state index contributed by atoms with van der Waals surface area (Å²) in [6.07, 6.45) is 4.10. The molecule has 1 aromatic heterocycles. The summed E-state index contributed by atoms with van der Waals surface area (Å²) in [6, 6.07) is 4.40. The lowest BCUT2D eigenvalue weighted by Crippen LogP contribution is -2.46. The largest absolute Gasteiger partial charge is 0.497 e. The first-order valence-corrected chi connectivity index (χ1v) is 12.4. The molecule has 0 radical (unpaired) electrons. The van der Waals surface area contributed by atoms with Crippen molar-refractivity contribution in [2.45, 2.75) is 63.2 Å². The Labute approximate surface area is 208 Å². The number of nitrogens with one attached hydrogen (secondary N) is 1. The minimum Gasteiger partial charge on any atom is -0.497 e. The predicted molar refractivity (Wildman–Crippen MR) is 127 cm³/mol. The molecule has 2 N–H and O–H groups in total. The van der Waals surface area contributed by atoms with Gasteiger partial charge in [0.25, 0.3) is 0 Å². The Morgan fingerprint density at radius 2 is 2.00 bits per heavy atom. The number of aliphatic carboxylic acids is 1. The third-order valence-corrected chi connectivity index (χ3v) is 7.04. The molecule has 3 aliphatic rings. The molecular weight excluding hydrogens is 468 g/mol. The van der Waals surface area contributed by atoms with E-state index in [-0.39, 0.29) is 25.6 Å². The highest BCUT2D eigenvalue weighted by Crippen LogP contribution is 2.38. The van der Waals surface area contributed by atoms with Crippen LogP contribution in [0.3, 0.4) is 0 Å². The van der Waals surface area contributed by atoms with Gasteiger partial charge in [0.2, 0.25) is 11.8 Å². The van der Waals surface area contributed by atoms with Crippen LogP contribution in [-0.4, -0.2) is 76.4 Å². The highest BCUT2D eigenvalue weighted by Gasteiger charge is 2.42. The Bertz CT molecular complexity index is 1170. The van der Waals surface area contributed by atoms with Gasteiger partial charge in [-0.3, -0.25) is 4.79 Å². The molecule has 2 bridgehead atoms. The molecule has 1 saturated carbocycles. The van der Waals surface area contributed by atoms with Gasteiger partial charge in [-0.2, -0.15) is 0 Å². The van der Waals surface area contributed by atoms with E-state index < -0.39 is 30.1 Å². The van der Waals surface area contributed by atoms with E-state index in [0.29, 0.717) is 35.2 Å². The van der Waals surface area contributed by atoms with Crippen LogP contribution in [0.1, 0.15) is 44.2 Å². The van der Waals surface area contributed by atoms with Crippen LogP contribution in [0, 0.1) is 5.92 Å². The summed E-state index contributed by atoms with van der Waals surface area (Å²) in [5, 5.41) is 12.2. The molecule has 36 heavy (non-hydrogen) atoms. The van der Waals surface area contributed by atoms with Gasteiger partial charge in [0.1, 0.15) is 36.2 Å². The Morgan fingerprint density at radius 1 is 1.14 bits per heavy atom. The number of carboxylic acids is 1. The number of rotatable bonds is 2. The lowest BCUT2D eigenvalue weighted by atomic mass is 10.1. The number of alkyl carbamates (subject to hydrolysis) is 1. The van der Waals surface area contributed by atoms with Crippen LogP contribution in [0.5, 0.6) is 11.6 Å². The van der Waals surface area contributed by atoms with Gasteiger partial charge in [-0.05, 0) is 43.7 Å². The standard InChI is InChI=1S/C25H30N4O7/c1-34-15-7-8-17-19(10-15)28-23-18(27-17)6-4-2-3-5-14-9-21(14)36-25(33)26-12-22(30)29-13-16(35-23)11-20(29)24(31)32/h7-8,10,14,16,20-21H,2-6,9,11-13H2,1H3,(H,26,33)(H,31,32)/t14-,16-,20+,21-/m1/s1. The minimum atomic E-state index is -1.13. The number of nitrogens with zero attached hydrogens (tertiary/aromatic N) is 3. The van der Waals surface area contributed by atoms with Gasteiger partial charge in [-0.25, -0.2) is 19.6 Å². The van der Waals surface area contributed by atoms with E-state index in [1.807, 2.05) is 12.1 Å². The van der Waals surface area contributed by atoms with Crippen LogP contribution in [-0.2, 0) is 20.7 Å².